The number of Topliss-reactive ketones (excluding diaryl/α,β-unsaturated/α-hetero) is 1. The molecule has 1 aromatic heterocycles. The maximum atomic E-state index is 14.6. The summed E-state index contributed by atoms with van der Waals surface area (Å²) in [5.41, 5.74) is -0.323. The van der Waals surface area contributed by atoms with Gasteiger partial charge in [0, 0.05) is 43.7 Å². The summed E-state index contributed by atoms with van der Waals surface area (Å²) in [5.74, 6) is -2.51. The number of carbonyl (C=O) groups is 3. The van der Waals surface area contributed by atoms with Gasteiger partial charge in [-0.1, -0.05) is 49.7 Å². The van der Waals surface area contributed by atoms with Crippen LogP contribution in [0.4, 0.5) is 5.69 Å². The highest BCUT2D eigenvalue weighted by Gasteiger charge is 2.65. The van der Waals surface area contributed by atoms with Crippen LogP contribution in [-0.2, 0) is 19.9 Å². The van der Waals surface area contributed by atoms with Crippen LogP contribution in [0.5, 0.6) is 0 Å². The van der Waals surface area contributed by atoms with Gasteiger partial charge < -0.3 is 24.1 Å². The number of hydrogen-bond donors (Lipinski definition) is 1. The highest BCUT2D eigenvalue weighted by atomic mass is 16.5. The molecule has 3 aromatic rings. The molecule has 0 aliphatic carbocycles. The first-order valence-electron chi connectivity index (χ1n) is 14.0. The number of para-hydroxylation sites is 2. The van der Waals surface area contributed by atoms with E-state index in [2.05, 4.69) is 4.90 Å². The molecule has 4 heterocycles. The van der Waals surface area contributed by atoms with E-state index < -0.39 is 28.9 Å². The minimum Gasteiger partial charge on any atom is -0.503 e. The second-order valence-corrected chi connectivity index (χ2v) is 10.5. The number of hydrogen-bond acceptors (Lipinski definition) is 7. The minimum absolute atomic E-state index is 0.0256. The Labute approximate surface area is 232 Å². The summed E-state index contributed by atoms with van der Waals surface area (Å²) in [6.45, 7) is 6.28. The number of benzene rings is 2. The van der Waals surface area contributed by atoms with Gasteiger partial charge in [-0.05, 0) is 31.0 Å². The van der Waals surface area contributed by atoms with Crippen LogP contribution < -0.4 is 4.90 Å². The zero-order valence-corrected chi connectivity index (χ0v) is 22.6. The number of carbonyl (C=O) groups excluding carboxylic acids is 3. The van der Waals surface area contributed by atoms with Gasteiger partial charge in [0.25, 0.3) is 11.8 Å². The third kappa shape index (κ3) is 4.03. The van der Waals surface area contributed by atoms with E-state index >= 15 is 0 Å². The molecule has 0 saturated carbocycles. The normalized spacial score (nSPS) is 21.3. The predicted octanol–water partition coefficient (Wildman–Crippen LogP) is 4.03. The molecule has 6 rings (SSSR count). The third-order valence-corrected chi connectivity index (χ3v) is 8.16. The lowest BCUT2D eigenvalue weighted by atomic mass is 9.81. The molecule has 9 nitrogen and oxygen atoms in total. The molecule has 1 N–H and O–H groups in total. The van der Waals surface area contributed by atoms with Crippen molar-refractivity contribution in [3.05, 3.63) is 77.3 Å². The van der Waals surface area contributed by atoms with E-state index in [1.54, 1.807) is 35.2 Å². The zero-order chi connectivity index (χ0) is 27.9. The number of aliphatic hydroxyl groups is 1. The number of nitrogens with zero attached hydrogens (tertiary/aromatic N) is 3. The SMILES string of the molecule is CCCCN1C(=O)C2(C(C(=O)c3cc4ccccc4o3)=C(O)C(=O)N2CCCN2CCOCC2)c2ccccc21. The first-order valence-corrected chi connectivity index (χ1v) is 14.0. The summed E-state index contributed by atoms with van der Waals surface area (Å²) in [7, 11) is 0. The van der Waals surface area contributed by atoms with Crippen LogP contribution in [0, 0.1) is 0 Å². The Morgan fingerprint density at radius 3 is 2.50 bits per heavy atom. The summed E-state index contributed by atoms with van der Waals surface area (Å²) in [6, 6.07) is 16.1. The number of rotatable bonds is 9. The number of fused-ring (bicyclic) bond motifs is 3. The lowest BCUT2D eigenvalue weighted by molar-refractivity contribution is -0.140. The van der Waals surface area contributed by atoms with Crippen LogP contribution in [0.2, 0.25) is 0 Å². The quantitative estimate of drug-likeness (QED) is 0.407. The number of anilines is 1. The number of morpholine rings is 1. The van der Waals surface area contributed by atoms with Gasteiger partial charge in [-0.15, -0.1) is 0 Å². The first kappa shape index (κ1) is 26.3. The average molecular weight is 544 g/mol. The van der Waals surface area contributed by atoms with Crippen molar-refractivity contribution >= 4 is 34.3 Å². The molecule has 40 heavy (non-hydrogen) atoms. The number of ether oxygens (including phenoxy) is 1. The summed E-state index contributed by atoms with van der Waals surface area (Å²) >= 11 is 0. The highest BCUT2D eigenvalue weighted by Crippen LogP contribution is 2.53. The molecule has 9 heteroatoms. The molecule has 3 aliphatic rings. The molecule has 3 aliphatic heterocycles. The number of furan rings is 1. The fraction of sp³-hybridized carbons (Fsp3) is 0.387. The summed E-state index contributed by atoms with van der Waals surface area (Å²) in [4.78, 5) is 47.8. The van der Waals surface area contributed by atoms with Crippen LogP contribution >= 0.6 is 0 Å². The molecule has 1 saturated heterocycles. The van der Waals surface area contributed by atoms with Crippen molar-refractivity contribution in [2.75, 3.05) is 50.8 Å². The summed E-state index contributed by atoms with van der Waals surface area (Å²) < 4.78 is 11.3. The van der Waals surface area contributed by atoms with Crippen molar-refractivity contribution in [2.24, 2.45) is 0 Å². The lowest BCUT2D eigenvalue weighted by Gasteiger charge is -2.36. The van der Waals surface area contributed by atoms with E-state index in [0.717, 1.165) is 31.3 Å². The van der Waals surface area contributed by atoms with Crippen LogP contribution in [-0.4, -0.2) is 78.4 Å². The molecule has 1 atom stereocenters. The molecule has 0 bridgehead atoms. The lowest BCUT2D eigenvalue weighted by Crippen LogP contribution is -2.54. The van der Waals surface area contributed by atoms with E-state index in [1.807, 2.05) is 31.2 Å². The van der Waals surface area contributed by atoms with E-state index in [-0.39, 0.29) is 17.9 Å². The van der Waals surface area contributed by atoms with Crippen LogP contribution in [0.15, 0.2) is 70.3 Å². The van der Waals surface area contributed by atoms with Crippen LogP contribution in [0.3, 0.4) is 0 Å². The van der Waals surface area contributed by atoms with Gasteiger partial charge in [0.05, 0.1) is 24.5 Å². The van der Waals surface area contributed by atoms with Gasteiger partial charge >= 0.3 is 0 Å². The molecule has 0 radical (unpaired) electrons. The number of unbranched alkanes of at least 4 members (excludes halogenated alkanes) is 1. The molecule has 1 spiro atoms. The smallest absolute Gasteiger partial charge is 0.290 e. The standard InChI is InChI=1S/C31H33N3O6/c1-2-3-14-33-23-11-6-5-10-22(23)31(30(33)38)26(27(35)25-20-21-9-4-7-12-24(21)40-25)28(36)29(37)34(31)15-8-13-32-16-18-39-19-17-32/h4-7,9-12,20,36H,2-3,8,13-19H2,1H3. The van der Waals surface area contributed by atoms with E-state index in [9.17, 15) is 19.5 Å². The van der Waals surface area contributed by atoms with Gasteiger partial charge in [-0.25, -0.2) is 0 Å². The average Bonchev–Trinajstić information content (AvgIpc) is 3.59. The fourth-order valence-corrected chi connectivity index (χ4v) is 6.20. The van der Waals surface area contributed by atoms with E-state index in [1.165, 1.54) is 4.90 Å². The fourth-order valence-electron chi connectivity index (χ4n) is 6.20. The van der Waals surface area contributed by atoms with Gasteiger partial charge in [-0.3, -0.25) is 19.3 Å². The Hall–Kier alpha value is -3.95. The summed E-state index contributed by atoms with van der Waals surface area (Å²) in [6.07, 6.45) is 2.19. The molecular formula is C31H33N3O6. The Balaban J connectivity index is 1.45. The number of aliphatic hydroxyl groups excluding tert-OH is 1. The maximum absolute atomic E-state index is 14.6. The first-order chi connectivity index (χ1) is 19.5. The van der Waals surface area contributed by atoms with Crippen molar-refractivity contribution in [3.63, 3.8) is 0 Å². The second-order valence-electron chi connectivity index (χ2n) is 10.5. The molecule has 208 valence electrons. The van der Waals surface area contributed by atoms with Gasteiger partial charge in [-0.2, -0.15) is 0 Å². The Kier molecular flexibility index (Phi) is 6.93. The van der Waals surface area contributed by atoms with Gasteiger partial charge in [0.2, 0.25) is 5.78 Å². The maximum Gasteiger partial charge on any atom is 0.290 e. The number of amides is 2. The molecule has 1 fully saturated rings. The molecular weight excluding hydrogens is 510 g/mol. The number of ketones is 1. The van der Waals surface area contributed by atoms with Crippen LogP contribution in [0.1, 0.15) is 42.3 Å². The molecule has 1 unspecified atom stereocenters. The Morgan fingerprint density at radius 1 is 0.975 bits per heavy atom. The third-order valence-electron chi connectivity index (χ3n) is 8.16. The van der Waals surface area contributed by atoms with Crippen molar-refractivity contribution in [1.82, 2.24) is 9.80 Å². The van der Waals surface area contributed by atoms with Crippen molar-refractivity contribution in [2.45, 2.75) is 31.7 Å². The van der Waals surface area contributed by atoms with Crippen molar-refractivity contribution < 1.29 is 28.6 Å². The van der Waals surface area contributed by atoms with Crippen molar-refractivity contribution in [3.8, 4) is 0 Å². The predicted molar refractivity (Wildman–Crippen MR) is 149 cm³/mol. The Bertz CT molecular complexity index is 1470. The zero-order valence-electron chi connectivity index (χ0n) is 22.6. The monoisotopic (exact) mass is 543 g/mol. The summed E-state index contributed by atoms with van der Waals surface area (Å²) in [5, 5.41) is 12.1. The Morgan fingerprint density at radius 2 is 1.73 bits per heavy atom. The van der Waals surface area contributed by atoms with E-state index in [4.69, 9.17) is 9.15 Å². The largest absolute Gasteiger partial charge is 0.503 e. The van der Waals surface area contributed by atoms with Gasteiger partial charge in [0.15, 0.2) is 17.1 Å². The van der Waals surface area contributed by atoms with E-state index in [0.29, 0.717) is 49.6 Å². The second kappa shape index (κ2) is 10.6. The van der Waals surface area contributed by atoms with Crippen LogP contribution in [0.25, 0.3) is 11.0 Å². The minimum atomic E-state index is -1.77. The van der Waals surface area contributed by atoms with Gasteiger partial charge in [0.1, 0.15) is 5.58 Å². The topological polar surface area (TPSA) is 104 Å². The highest BCUT2D eigenvalue weighted by molar-refractivity contribution is 6.26. The molecule has 2 aromatic carbocycles. The van der Waals surface area contributed by atoms with Crippen molar-refractivity contribution in [1.29, 1.82) is 0 Å². The molecule has 2 amide bonds.